The maximum atomic E-state index is 6.28. The molecule has 2 unspecified atom stereocenters. The lowest BCUT2D eigenvalue weighted by Gasteiger charge is -2.19. The molecular formula is C29H61NO2. The van der Waals surface area contributed by atoms with Gasteiger partial charge in [0.15, 0.2) is 0 Å². The van der Waals surface area contributed by atoms with Gasteiger partial charge in [0.25, 0.3) is 0 Å². The third-order valence-electron chi connectivity index (χ3n) is 6.66. The molecule has 0 saturated carbocycles. The second-order valence-electron chi connectivity index (χ2n) is 9.90. The van der Waals surface area contributed by atoms with Crippen LogP contribution in [0.3, 0.4) is 0 Å². The van der Waals surface area contributed by atoms with Gasteiger partial charge in [-0.05, 0) is 25.7 Å². The number of nitrogens with two attached hydrogens (primary N) is 1. The van der Waals surface area contributed by atoms with Gasteiger partial charge >= 0.3 is 0 Å². The van der Waals surface area contributed by atoms with Crippen molar-refractivity contribution in [1.82, 2.24) is 0 Å². The fourth-order valence-electron chi connectivity index (χ4n) is 4.30. The molecule has 0 aliphatic heterocycles. The van der Waals surface area contributed by atoms with Crippen LogP contribution in [0.15, 0.2) is 0 Å². The topological polar surface area (TPSA) is 44.5 Å². The van der Waals surface area contributed by atoms with E-state index in [2.05, 4.69) is 20.8 Å². The maximum Gasteiger partial charge on any atom is 0.105 e. The van der Waals surface area contributed by atoms with Crippen molar-refractivity contribution < 1.29 is 9.47 Å². The highest BCUT2D eigenvalue weighted by Gasteiger charge is 2.10. The largest absolute Gasteiger partial charge is 0.378 e. The first-order chi connectivity index (χ1) is 15.7. The van der Waals surface area contributed by atoms with E-state index < -0.39 is 0 Å². The lowest BCUT2D eigenvalue weighted by atomic mass is 10.0. The Balaban J connectivity index is 3.78. The molecule has 0 heterocycles. The minimum absolute atomic E-state index is 0.120. The molecular weight excluding hydrogens is 394 g/mol. The first-order valence-corrected chi connectivity index (χ1v) is 14.7. The molecule has 0 fully saturated rings. The minimum Gasteiger partial charge on any atom is -0.378 e. The van der Waals surface area contributed by atoms with Crippen LogP contribution in [-0.4, -0.2) is 25.5 Å². The smallest absolute Gasteiger partial charge is 0.105 e. The Kier molecular flexibility index (Phi) is 27.0. The molecule has 2 N–H and O–H groups in total. The molecule has 2 atom stereocenters. The van der Waals surface area contributed by atoms with Crippen LogP contribution < -0.4 is 5.73 Å². The van der Waals surface area contributed by atoms with Crippen LogP contribution in [0, 0.1) is 0 Å². The summed E-state index contributed by atoms with van der Waals surface area (Å²) in [5, 5.41) is 0. The average molecular weight is 456 g/mol. The molecule has 0 bridgehead atoms. The number of unbranched alkanes of at least 4 members (excludes halogenated alkanes) is 17. The molecule has 0 aliphatic carbocycles. The quantitative estimate of drug-likeness (QED) is 0.0990. The van der Waals surface area contributed by atoms with Crippen molar-refractivity contribution in [1.29, 1.82) is 0 Å². The van der Waals surface area contributed by atoms with Gasteiger partial charge in [0.05, 0.1) is 12.7 Å². The van der Waals surface area contributed by atoms with E-state index in [1.807, 2.05) is 0 Å². The summed E-state index contributed by atoms with van der Waals surface area (Å²) in [6.45, 7) is 8.30. The number of rotatable bonds is 27. The highest BCUT2D eigenvalue weighted by molar-refractivity contribution is 4.60. The summed E-state index contributed by atoms with van der Waals surface area (Å²) in [7, 11) is 0. The van der Waals surface area contributed by atoms with Crippen molar-refractivity contribution in [2.24, 2.45) is 5.73 Å². The first-order valence-electron chi connectivity index (χ1n) is 14.7. The zero-order valence-corrected chi connectivity index (χ0v) is 22.5. The highest BCUT2D eigenvalue weighted by Crippen LogP contribution is 2.16. The van der Waals surface area contributed by atoms with Gasteiger partial charge in [-0.25, -0.2) is 0 Å². The maximum absolute atomic E-state index is 6.28. The van der Waals surface area contributed by atoms with Gasteiger partial charge in [-0.3, -0.25) is 0 Å². The molecule has 0 aromatic heterocycles. The Labute approximate surface area is 203 Å². The van der Waals surface area contributed by atoms with Crippen LogP contribution in [0.1, 0.15) is 162 Å². The fourth-order valence-corrected chi connectivity index (χ4v) is 4.30. The molecule has 0 aromatic rings. The van der Waals surface area contributed by atoms with Gasteiger partial charge in [0, 0.05) is 6.61 Å². The van der Waals surface area contributed by atoms with Crippen molar-refractivity contribution in [3.8, 4) is 0 Å². The highest BCUT2D eigenvalue weighted by atomic mass is 16.5. The van der Waals surface area contributed by atoms with Crippen LogP contribution in [0.4, 0.5) is 0 Å². The fraction of sp³-hybridized carbons (Fsp3) is 1.00. The van der Waals surface area contributed by atoms with Crippen LogP contribution in [0.2, 0.25) is 0 Å². The van der Waals surface area contributed by atoms with E-state index in [1.165, 1.54) is 128 Å². The summed E-state index contributed by atoms with van der Waals surface area (Å²) in [5.74, 6) is 0. The Morgan fingerprint density at radius 2 is 0.906 bits per heavy atom. The minimum atomic E-state index is -0.120. The van der Waals surface area contributed by atoms with Gasteiger partial charge in [-0.1, -0.05) is 136 Å². The van der Waals surface area contributed by atoms with Crippen LogP contribution in [-0.2, 0) is 9.47 Å². The van der Waals surface area contributed by atoms with Crippen LogP contribution in [0.5, 0.6) is 0 Å². The first kappa shape index (κ1) is 31.9. The molecule has 0 aliphatic rings. The molecule has 32 heavy (non-hydrogen) atoms. The predicted octanol–water partition coefficient (Wildman–Crippen LogP) is 9.31. The second kappa shape index (κ2) is 27.1. The molecule has 0 radical (unpaired) electrons. The van der Waals surface area contributed by atoms with Gasteiger partial charge < -0.3 is 15.2 Å². The molecule has 194 valence electrons. The van der Waals surface area contributed by atoms with Gasteiger partial charge in [-0.15, -0.1) is 0 Å². The van der Waals surface area contributed by atoms with Crippen molar-refractivity contribution in [2.45, 2.75) is 174 Å². The third kappa shape index (κ3) is 24.5. The summed E-state index contributed by atoms with van der Waals surface area (Å²) in [6, 6.07) is 0. The Morgan fingerprint density at radius 1 is 0.469 bits per heavy atom. The van der Waals surface area contributed by atoms with Crippen molar-refractivity contribution >= 4 is 0 Å². The Hall–Kier alpha value is -0.120. The van der Waals surface area contributed by atoms with Crippen molar-refractivity contribution in [3.05, 3.63) is 0 Å². The van der Waals surface area contributed by atoms with Crippen molar-refractivity contribution in [2.75, 3.05) is 13.2 Å². The van der Waals surface area contributed by atoms with E-state index in [1.54, 1.807) is 0 Å². The Bertz CT molecular complexity index is 337. The SMILES string of the molecule is CCCCCCCCCCCCOC(CCCCCCCCCCC)CCOC(N)CC. The lowest BCUT2D eigenvalue weighted by Crippen LogP contribution is -2.25. The van der Waals surface area contributed by atoms with E-state index in [9.17, 15) is 0 Å². The summed E-state index contributed by atoms with van der Waals surface area (Å²) >= 11 is 0. The van der Waals surface area contributed by atoms with Crippen LogP contribution in [0.25, 0.3) is 0 Å². The van der Waals surface area contributed by atoms with E-state index in [0.29, 0.717) is 6.10 Å². The molecule has 0 amide bonds. The second-order valence-corrected chi connectivity index (χ2v) is 9.90. The molecule has 0 rings (SSSR count). The standard InChI is InChI=1S/C29H61NO2/c1-4-7-9-11-13-15-17-19-21-23-26-31-28(25-27-32-29(30)6-3)24-22-20-18-16-14-12-10-8-5-2/h28-29H,4-27,30H2,1-3H3. The summed E-state index contributed by atoms with van der Waals surface area (Å²) in [6.07, 6.45) is 29.5. The Morgan fingerprint density at radius 3 is 1.38 bits per heavy atom. The van der Waals surface area contributed by atoms with Gasteiger partial charge in [0.2, 0.25) is 0 Å². The number of hydrogen-bond acceptors (Lipinski definition) is 3. The summed E-state index contributed by atoms with van der Waals surface area (Å²) in [5.41, 5.74) is 5.91. The zero-order chi connectivity index (χ0) is 23.5. The molecule has 0 spiro atoms. The van der Waals surface area contributed by atoms with Gasteiger partial charge in [0.1, 0.15) is 6.23 Å². The zero-order valence-electron chi connectivity index (χ0n) is 22.5. The van der Waals surface area contributed by atoms with Gasteiger partial charge in [-0.2, -0.15) is 0 Å². The molecule has 3 heteroatoms. The lowest BCUT2D eigenvalue weighted by molar-refractivity contribution is -0.00577. The van der Waals surface area contributed by atoms with Crippen molar-refractivity contribution in [3.63, 3.8) is 0 Å². The predicted molar refractivity (Wildman–Crippen MR) is 142 cm³/mol. The van der Waals surface area contributed by atoms with E-state index >= 15 is 0 Å². The normalized spacial score (nSPS) is 13.5. The number of ether oxygens (including phenoxy) is 2. The summed E-state index contributed by atoms with van der Waals surface area (Å²) < 4.78 is 12.0. The van der Waals surface area contributed by atoms with Crippen LogP contribution >= 0.6 is 0 Å². The monoisotopic (exact) mass is 455 g/mol. The van der Waals surface area contributed by atoms with E-state index in [0.717, 1.165) is 26.1 Å². The average Bonchev–Trinajstić information content (AvgIpc) is 2.80. The summed E-state index contributed by atoms with van der Waals surface area (Å²) in [4.78, 5) is 0. The van der Waals surface area contributed by atoms with E-state index in [-0.39, 0.29) is 6.23 Å². The molecule has 0 aromatic carbocycles. The molecule has 3 nitrogen and oxygen atoms in total. The number of hydrogen-bond donors (Lipinski definition) is 1. The van der Waals surface area contributed by atoms with E-state index in [4.69, 9.17) is 15.2 Å². The third-order valence-corrected chi connectivity index (χ3v) is 6.66. The molecule has 0 saturated heterocycles.